The summed E-state index contributed by atoms with van der Waals surface area (Å²) >= 11 is 0. The molecule has 29 heavy (non-hydrogen) atoms. The molecule has 2 aromatic carbocycles. The van der Waals surface area contributed by atoms with Crippen molar-refractivity contribution >= 4 is 17.7 Å². The Morgan fingerprint density at radius 2 is 1.90 bits per heavy atom. The number of carbonyl (C=O) groups is 1. The van der Waals surface area contributed by atoms with Crippen LogP contribution in [0.25, 0.3) is 11.8 Å². The van der Waals surface area contributed by atoms with Crippen LogP contribution < -0.4 is 24.3 Å². The molecule has 1 N–H and O–H groups in total. The molecule has 0 aromatic heterocycles. The van der Waals surface area contributed by atoms with Gasteiger partial charge in [0.2, 0.25) is 6.79 Å². The molecule has 7 nitrogen and oxygen atoms in total. The van der Waals surface area contributed by atoms with E-state index >= 15 is 0 Å². The van der Waals surface area contributed by atoms with Crippen LogP contribution in [0.2, 0.25) is 0 Å². The van der Waals surface area contributed by atoms with E-state index in [0.29, 0.717) is 22.8 Å². The highest BCUT2D eigenvalue weighted by Crippen LogP contribution is 2.41. The average molecular weight is 396 g/mol. The second-order valence-corrected chi connectivity index (χ2v) is 7.19. The molecule has 2 heterocycles. The van der Waals surface area contributed by atoms with Crippen LogP contribution in [0.5, 0.6) is 23.0 Å². The van der Waals surface area contributed by atoms with Gasteiger partial charge in [-0.3, -0.25) is 4.79 Å². The summed E-state index contributed by atoms with van der Waals surface area (Å²) in [7, 11) is 7.16. The van der Waals surface area contributed by atoms with E-state index < -0.39 is 0 Å². The predicted octanol–water partition coefficient (Wildman–Crippen LogP) is 2.78. The number of methoxy groups -OCH3 is 2. The van der Waals surface area contributed by atoms with Crippen LogP contribution in [0.1, 0.15) is 27.0 Å². The van der Waals surface area contributed by atoms with E-state index in [-0.39, 0.29) is 12.7 Å². The van der Waals surface area contributed by atoms with Gasteiger partial charge in [-0.1, -0.05) is 0 Å². The van der Waals surface area contributed by atoms with E-state index in [4.69, 9.17) is 18.9 Å². The fourth-order valence-electron chi connectivity index (χ4n) is 3.59. The highest BCUT2D eigenvalue weighted by atomic mass is 16.7. The summed E-state index contributed by atoms with van der Waals surface area (Å²) in [5, 5.41) is 2.96. The number of fused-ring (bicyclic) bond motifs is 2. The largest absolute Gasteiger partial charge is 0.493 e. The van der Waals surface area contributed by atoms with Gasteiger partial charge < -0.3 is 29.2 Å². The van der Waals surface area contributed by atoms with Crippen LogP contribution in [0.15, 0.2) is 24.3 Å². The number of ether oxygens (including phenoxy) is 4. The number of benzene rings is 2. The normalized spacial score (nSPS) is 15.6. The van der Waals surface area contributed by atoms with Gasteiger partial charge in [-0.2, -0.15) is 0 Å². The molecule has 0 aliphatic carbocycles. The smallest absolute Gasteiger partial charge is 0.260 e. The lowest BCUT2D eigenvalue weighted by Gasteiger charge is -2.13. The molecule has 0 unspecified atom stereocenters. The van der Waals surface area contributed by atoms with Gasteiger partial charge >= 0.3 is 0 Å². The summed E-state index contributed by atoms with van der Waals surface area (Å²) in [5.74, 6) is 2.21. The molecule has 7 heteroatoms. The zero-order valence-corrected chi connectivity index (χ0v) is 17.0. The molecule has 0 saturated heterocycles. The summed E-state index contributed by atoms with van der Waals surface area (Å²) in [5.41, 5.74) is 4.08. The van der Waals surface area contributed by atoms with Crippen molar-refractivity contribution in [2.75, 3.05) is 41.7 Å². The Balaban J connectivity index is 1.79. The number of nitrogens with one attached hydrogen (secondary N) is 1. The molecule has 0 bridgehead atoms. The minimum absolute atomic E-state index is 0.211. The van der Waals surface area contributed by atoms with Gasteiger partial charge in [0.1, 0.15) is 0 Å². The quantitative estimate of drug-likeness (QED) is 0.810. The monoisotopic (exact) mass is 396 g/mol. The van der Waals surface area contributed by atoms with Gasteiger partial charge in [-0.15, -0.1) is 0 Å². The van der Waals surface area contributed by atoms with Crippen LogP contribution in [0, 0.1) is 0 Å². The van der Waals surface area contributed by atoms with Crippen LogP contribution in [0.3, 0.4) is 0 Å². The molecular weight excluding hydrogens is 372 g/mol. The van der Waals surface area contributed by atoms with Crippen LogP contribution >= 0.6 is 0 Å². The Morgan fingerprint density at radius 1 is 1.14 bits per heavy atom. The van der Waals surface area contributed by atoms with E-state index in [1.165, 1.54) is 7.11 Å². The molecule has 2 aliphatic rings. The zero-order valence-electron chi connectivity index (χ0n) is 17.0. The number of carbonyl (C=O) groups excluding carboxylic acids is 1. The Morgan fingerprint density at radius 3 is 2.59 bits per heavy atom. The fraction of sp³-hybridized carbons (Fsp3) is 0.318. The summed E-state index contributed by atoms with van der Waals surface area (Å²) in [6.07, 6.45) is 2.82. The molecule has 0 saturated carbocycles. The fourth-order valence-corrected chi connectivity index (χ4v) is 3.59. The molecule has 1 amide bonds. The zero-order chi connectivity index (χ0) is 20.5. The van der Waals surface area contributed by atoms with Gasteiger partial charge in [-0.25, -0.2) is 0 Å². The number of rotatable bonds is 6. The van der Waals surface area contributed by atoms with Crippen molar-refractivity contribution in [3.05, 3.63) is 46.5 Å². The second kappa shape index (κ2) is 7.67. The number of amides is 1. The summed E-state index contributed by atoms with van der Waals surface area (Å²) < 4.78 is 21.9. The van der Waals surface area contributed by atoms with Crippen LogP contribution in [-0.2, 0) is 6.42 Å². The average Bonchev–Trinajstić information content (AvgIpc) is 3.29. The third-order valence-electron chi connectivity index (χ3n) is 5.07. The number of hydrogen-bond acceptors (Lipinski definition) is 6. The van der Waals surface area contributed by atoms with Gasteiger partial charge in [0.25, 0.3) is 5.91 Å². The molecule has 4 rings (SSSR count). The summed E-state index contributed by atoms with van der Waals surface area (Å²) in [6, 6.07) is 7.65. The maximum Gasteiger partial charge on any atom is 0.260 e. The first-order valence-corrected chi connectivity index (χ1v) is 9.37. The maximum atomic E-state index is 12.7. The lowest BCUT2D eigenvalue weighted by Crippen LogP contribution is -2.15. The maximum absolute atomic E-state index is 12.7. The van der Waals surface area contributed by atoms with E-state index in [2.05, 4.69) is 10.2 Å². The van der Waals surface area contributed by atoms with Crippen molar-refractivity contribution in [1.82, 2.24) is 10.2 Å². The Bertz CT molecular complexity index is 997. The van der Waals surface area contributed by atoms with Gasteiger partial charge in [0.05, 0.1) is 19.8 Å². The third kappa shape index (κ3) is 3.49. The molecule has 2 aliphatic heterocycles. The van der Waals surface area contributed by atoms with Gasteiger partial charge in [0, 0.05) is 17.8 Å². The van der Waals surface area contributed by atoms with E-state index in [1.807, 2.05) is 38.4 Å². The van der Waals surface area contributed by atoms with Gasteiger partial charge in [0.15, 0.2) is 23.0 Å². The topological polar surface area (TPSA) is 69.3 Å². The van der Waals surface area contributed by atoms with Crippen molar-refractivity contribution in [3.63, 3.8) is 0 Å². The van der Waals surface area contributed by atoms with Crippen LogP contribution in [-0.4, -0.2) is 52.5 Å². The lowest BCUT2D eigenvalue weighted by molar-refractivity contribution is 0.0977. The molecule has 152 valence electrons. The minimum Gasteiger partial charge on any atom is -0.493 e. The first-order valence-electron chi connectivity index (χ1n) is 9.37. The van der Waals surface area contributed by atoms with Crippen molar-refractivity contribution in [3.8, 4) is 23.0 Å². The highest BCUT2D eigenvalue weighted by Gasteiger charge is 2.30. The second-order valence-electron chi connectivity index (χ2n) is 7.19. The van der Waals surface area contributed by atoms with E-state index in [0.717, 1.165) is 41.1 Å². The Labute approximate surface area is 169 Å². The predicted molar refractivity (Wildman–Crippen MR) is 110 cm³/mol. The minimum atomic E-state index is -0.211. The standard InChI is InChI=1S/C22H24N2O5/c1-24(2)8-7-13-10-18-19(29-12-28-18)11-14(13)9-16-15-5-6-17(26-3)21(27-4)20(15)22(25)23-16/h5-6,9-11H,7-8,12H2,1-4H3,(H,23,25)/b16-9+. The third-order valence-corrected chi connectivity index (χ3v) is 5.07. The van der Waals surface area contributed by atoms with Crippen molar-refractivity contribution in [1.29, 1.82) is 0 Å². The molecule has 2 aromatic rings. The lowest BCUT2D eigenvalue weighted by atomic mass is 9.99. The molecule has 0 atom stereocenters. The highest BCUT2D eigenvalue weighted by molar-refractivity contribution is 6.14. The van der Waals surface area contributed by atoms with Crippen LogP contribution in [0.4, 0.5) is 0 Å². The van der Waals surface area contributed by atoms with Gasteiger partial charge in [-0.05, 0) is 62.0 Å². The first kappa shape index (κ1) is 19.1. The first-order chi connectivity index (χ1) is 14.0. The van der Waals surface area contributed by atoms with E-state index in [1.54, 1.807) is 13.2 Å². The Hall–Kier alpha value is -3.19. The molecule has 0 fully saturated rings. The van der Waals surface area contributed by atoms with Crippen molar-refractivity contribution in [2.24, 2.45) is 0 Å². The van der Waals surface area contributed by atoms with E-state index in [9.17, 15) is 4.79 Å². The molecular formula is C22H24N2O5. The summed E-state index contributed by atoms with van der Waals surface area (Å²) in [6.45, 7) is 1.11. The Kier molecular flexibility index (Phi) is 5.07. The number of hydrogen-bond donors (Lipinski definition) is 1. The number of likely N-dealkylation sites (N-methyl/N-ethyl adjacent to an activating group) is 1. The summed E-state index contributed by atoms with van der Waals surface area (Å²) in [4.78, 5) is 14.8. The molecule has 0 radical (unpaired) electrons. The van der Waals surface area contributed by atoms with Crippen molar-refractivity contribution in [2.45, 2.75) is 6.42 Å². The number of nitrogens with zero attached hydrogens (tertiary/aromatic N) is 1. The SMILES string of the molecule is COc1ccc2c(c1OC)C(=O)N/C2=C/c1cc2c(cc1CCN(C)C)OCO2. The molecule has 0 spiro atoms. The van der Waals surface area contributed by atoms with Crippen molar-refractivity contribution < 1.29 is 23.7 Å².